The minimum atomic E-state index is -3.59. The van der Waals surface area contributed by atoms with Crippen molar-refractivity contribution >= 4 is 27.2 Å². The minimum Gasteiger partial charge on any atom is -0.472 e. The van der Waals surface area contributed by atoms with Gasteiger partial charge in [0.15, 0.2) is 0 Å². The van der Waals surface area contributed by atoms with Gasteiger partial charge in [0, 0.05) is 24.7 Å². The van der Waals surface area contributed by atoms with E-state index in [9.17, 15) is 8.42 Å². The second kappa shape index (κ2) is 5.74. The highest BCUT2D eigenvalue weighted by molar-refractivity contribution is 7.89. The smallest absolute Gasteiger partial charge is 0.243 e. The van der Waals surface area contributed by atoms with Crippen molar-refractivity contribution in [3.05, 3.63) is 54.0 Å². The molecule has 5 nitrogen and oxygen atoms in total. The molecule has 0 aliphatic carbocycles. The predicted octanol–water partition coefficient (Wildman–Crippen LogP) is 1.73. The zero-order chi connectivity index (χ0) is 14.8. The van der Waals surface area contributed by atoms with Crippen molar-refractivity contribution in [3.8, 4) is 0 Å². The quantitative estimate of drug-likeness (QED) is 0.851. The molecule has 1 aromatic heterocycles. The van der Waals surface area contributed by atoms with Crippen LogP contribution in [0, 0.1) is 0 Å². The molecule has 0 fully saturated rings. The molecular weight excluding hydrogens is 296 g/mol. The van der Waals surface area contributed by atoms with Gasteiger partial charge in [-0.3, -0.25) is 0 Å². The van der Waals surface area contributed by atoms with Gasteiger partial charge in [0.1, 0.15) is 4.99 Å². The fraction of sp³-hybridized carbons (Fsp3) is 0.154. The first-order chi connectivity index (χ1) is 9.41. The maximum atomic E-state index is 12.4. The van der Waals surface area contributed by atoms with E-state index >= 15 is 0 Å². The van der Waals surface area contributed by atoms with E-state index in [1.54, 1.807) is 18.2 Å². The first-order valence-electron chi connectivity index (χ1n) is 5.78. The molecule has 0 spiro atoms. The van der Waals surface area contributed by atoms with E-state index in [0.29, 0.717) is 5.56 Å². The summed E-state index contributed by atoms with van der Waals surface area (Å²) in [5.74, 6) is 0. The number of sulfonamides is 1. The Morgan fingerprint density at radius 2 is 2.15 bits per heavy atom. The van der Waals surface area contributed by atoms with E-state index in [1.165, 1.54) is 36.0 Å². The van der Waals surface area contributed by atoms with Gasteiger partial charge in [-0.25, -0.2) is 8.42 Å². The highest BCUT2D eigenvalue weighted by Gasteiger charge is 2.21. The summed E-state index contributed by atoms with van der Waals surface area (Å²) in [5, 5.41) is 0. The van der Waals surface area contributed by atoms with Crippen LogP contribution < -0.4 is 5.73 Å². The summed E-state index contributed by atoms with van der Waals surface area (Å²) in [5.41, 5.74) is 6.83. The highest BCUT2D eigenvalue weighted by atomic mass is 32.2. The van der Waals surface area contributed by atoms with E-state index in [-0.39, 0.29) is 16.4 Å². The Morgan fingerprint density at radius 1 is 1.40 bits per heavy atom. The third-order valence-corrected chi connectivity index (χ3v) is 4.85. The second-order valence-corrected chi connectivity index (χ2v) is 6.77. The number of nitrogens with zero attached hydrogens (tertiary/aromatic N) is 1. The van der Waals surface area contributed by atoms with Crippen molar-refractivity contribution in [2.45, 2.75) is 11.4 Å². The zero-order valence-electron chi connectivity index (χ0n) is 10.8. The number of hydrogen-bond acceptors (Lipinski definition) is 4. The van der Waals surface area contributed by atoms with Crippen LogP contribution >= 0.6 is 12.2 Å². The molecule has 0 aliphatic rings. The number of hydrogen-bond donors (Lipinski definition) is 1. The number of nitrogens with two attached hydrogens (primary N) is 1. The van der Waals surface area contributed by atoms with Crippen molar-refractivity contribution < 1.29 is 12.8 Å². The summed E-state index contributed by atoms with van der Waals surface area (Å²) in [4.78, 5) is 0.327. The highest BCUT2D eigenvalue weighted by Crippen LogP contribution is 2.18. The van der Waals surface area contributed by atoms with Crippen LogP contribution in [-0.2, 0) is 16.6 Å². The summed E-state index contributed by atoms with van der Waals surface area (Å²) in [6, 6.07) is 8.01. The fourth-order valence-electron chi connectivity index (χ4n) is 1.71. The first kappa shape index (κ1) is 14.7. The summed E-state index contributed by atoms with van der Waals surface area (Å²) in [6.45, 7) is 0.232. The molecule has 1 aromatic carbocycles. The predicted molar refractivity (Wildman–Crippen MR) is 79.7 cm³/mol. The second-order valence-electron chi connectivity index (χ2n) is 4.28. The number of rotatable bonds is 5. The SMILES string of the molecule is CN(Cc1ccoc1)S(=O)(=O)c1cccc(C(N)=S)c1. The largest absolute Gasteiger partial charge is 0.472 e. The van der Waals surface area contributed by atoms with Crippen LogP contribution in [0.15, 0.2) is 52.2 Å². The van der Waals surface area contributed by atoms with Crippen LogP contribution in [0.5, 0.6) is 0 Å². The van der Waals surface area contributed by atoms with Gasteiger partial charge in [0.2, 0.25) is 10.0 Å². The molecule has 0 atom stereocenters. The van der Waals surface area contributed by atoms with Crippen molar-refractivity contribution in [2.75, 3.05) is 7.05 Å². The molecular formula is C13H14N2O3S2. The standard InChI is InChI=1S/C13H14N2O3S2/c1-15(8-10-5-6-18-9-10)20(16,17)12-4-2-3-11(7-12)13(14)19/h2-7,9H,8H2,1H3,(H2,14,19). The van der Waals surface area contributed by atoms with Crippen LogP contribution in [0.3, 0.4) is 0 Å². The lowest BCUT2D eigenvalue weighted by atomic mass is 10.2. The van der Waals surface area contributed by atoms with E-state index in [1.807, 2.05) is 0 Å². The minimum absolute atomic E-state index is 0.161. The number of thiocarbonyl (C=S) groups is 1. The Labute approximate surface area is 123 Å². The van der Waals surface area contributed by atoms with Gasteiger partial charge in [0.05, 0.1) is 17.4 Å². The number of furan rings is 1. The Kier molecular flexibility index (Phi) is 4.22. The normalized spacial score (nSPS) is 11.7. The Balaban J connectivity index is 2.29. The molecule has 2 aromatic rings. The maximum absolute atomic E-state index is 12.4. The molecule has 0 bridgehead atoms. The van der Waals surface area contributed by atoms with Crippen LogP contribution in [0.1, 0.15) is 11.1 Å². The monoisotopic (exact) mass is 310 g/mol. The number of benzene rings is 1. The lowest BCUT2D eigenvalue weighted by Crippen LogP contribution is -2.26. The average molecular weight is 310 g/mol. The van der Waals surface area contributed by atoms with Crippen molar-refractivity contribution in [1.82, 2.24) is 4.31 Å². The van der Waals surface area contributed by atoms with Crippen LogP contribution in [0.2, 0.25) is 0 Å². The molecule has 0 radical (unpaired) electrons. The molecule has 20 heavy (non-hydrogen) atoms. The van der Waals surface area contributed by atoms with Crippen molar-refractivity contribution in [2.24, 2.45) is 5.73 Å². The summed E-state index contributed by atoms with van der Waals surface area (Å²) in [6.07, 6.45) is 3.01. The van der Waals surface area contributed by atoms with Gasteiger partial charge in [-0.1, -0.05) is 24.4 Å². The Hall–Kier alpha value is -1.70. The van der Waals surface area contributed by atoms with Gasteiger partial charge in [0.25, 0.3) is 0 Å². The van der Waals surface area contributed by atoms with Crippen molar-refractivity contribution in [3.63, 3.8) is 0 Å². The van der Waals surface area contributed by atoms with Crippen LogP contribution in [-0.4, -0.2) is 24.8 Å². The molecule has 106 valence electrons. The summed E-state index contributed by atoms with van der Waals surface area (Å²) in [7, 11) is -2.08. The molecule has 0 amide bonds. The van der Waals surface area contributed by atoms with E-state index in [4.69, 9.17) is 22.4 Å². The van der Waals surface area contributed by atoms with Gasteiger partial charge in [-0.15, -0.1) is 0 Å². The molecule has 2 N–H and O–H groups in total. The average Bonchev–Trinajstić information content (AvgIpc) is 2.91. The van der Waals surface area contributed by atoms with E-state index in [2.05, 4.69) is 0 Å². The molecule has 0 saturated heterocycles. The third-order valence-electron chi connectivity index (χ3n) is 2.81. The van der Waals surface area contributed by atoms with Crippen LogP contribution in [0.4, 0.5) is 0 Å². The molecule has 0 saturated carbocycles. The van der Waals surface area contributed by atoms with Gasteiger partial charge < -0.3 is 10.2 Å². The third kappa shape index (κ3) is 3.06. The molecule has 1 heterocycles. The van der Waals surface area contributed by atoms with Gasteiger partial charge in [-0.05, 0) is 18.2 Å². The van der Waals surface area contributed by atoms with E-state index < -0.39 is 10.0 Å². The van der Waals surface area contributed by atoms with Crippen molar-refractivity contribution in [1.29, 1.82) is 0 Å². The Morgan fingerprint density at radius 3 is 2.75 bits per heavy atom. The summed E-state index contributed by atoms with van der Waals surface area (Å²) < 4.78 is 31.1. The lowest BCUT2D eigenvalue weighted by molar-refractivity contribution is 0.463. The molecule has 0 unspecified atom stereocenters. The fourth-order valence-corrected chi connectivity index (χ4v) is 3.05. The first-order valence-corrected chi connectivity index (χ1v) is 7.63. The topological polar surface area (TPSA) is 76.5 Å². The maximum Gasteiger partial charge on any atom is 0.243 e. The van der Waals surface area contributed by atoms with E-state index in [0.717, 1.165) is 5.56 Å². The molecule has 7 heteroatoms. The zero-order valence-corrected chi connectivity index (χ0v) is 12.4. The Bertz CT molecular complexity index is 709. The summed E-state index contributed by atoms with van der Waals surface area (Å²) >= 11 is 4.86. The molecule has 0 aliphatic heterocycles. The van der Waals surface area contributed by atoms with Gasteiger partial charge >= 0.3 is 0 Å². The molecule has 2 rings (SSSR count). The van der Waals surface area contributed by atoms with Crippen LogP contribution in [0.25, 0.3) is 0 Å². The lowest BCUT2D eigenvalue weighted by Gasteiger charge is -2.16. The van der Waals surface area contributed by atoms with Gasteiger partial charge in [-0.2, -0.15) is 4.31 Å².